The summed E-state index contributed by atoms with van der Waals surface area (Å²) in [6.07, 6.45) is 7.64. The maximum absolute atomic E-state index is 12.8. The van der Waals surface area contributed by atoms with Crippen molar-refractivity contribution in [1.29, 1.82) is 0 Å². The minimum atomic E-state index is 0.0847. The number of likely N-dealkylation sites (tertiary alicyclic amines) is 1. The molecule has 2 heterocycles. The van der Waals surface area contributed by atoms with Crippen LogP contribution >= 0.6 is 0 Å². The molecule has 3 rings (SSSR count). The first-order valence-electron chi connectivity index (χ1n) is 8.73. The van der Waals surface area contributed by atoms with Crippen LogP contribution in [0, 0.1) is 11.3 Å². The van der Waals surface area contributed by atoms with Crippen LogP contribution in [0.5, 0.6) is 0 Å². The minimum Gasteiger partial charge on any atom is -0.360 e. The summed E-state index contributed by atoms with van der Waals surface area (Å²) in [5, 5.41) is 4.15. The number of hydrogen-bond acceptors (Lipinski definition) is 3. The topological polar surface area (TPSA) is 46.3 Å². The molecule has 0 radical (unpaired) electrons. The third-order valence-electron chi connectivity index (χ3n) is 5.36. The van der Waals surface area contributed by atoms with Crippen molar-refractivity contribution in [2.24, 2.45) is 11.3 Å². The second kappa shape index (κ2) is 6.05. The average molecular weight is 304 g/mol. The summed E-state index contributed by atoms with van der Waals surface area (Å²) in [5.74, 6) is 1.62. The summed E-state index contributed by atoms with van der Waals surface area (Å²) < 4.78 is 5.49. The highest BCUT2D eigenvalue weighted by molar-refractivity contribution is 5.94. The lowest BCUT2D eigenvalue weighted by Gasteiger charge is -2.33. The monoisotopic (exact) mass is 304 g/mol. The average Bonchev–Trinajstić information content (AvgIpc) is 2.70. The number of amides is 1. The third-order valence-corrected chi connectivity index (χ3v) is 5.36. The van der Waals surface area contributed by atoms with E-state index < -0.39 is 0 Å². The fourth-order valence-corrected chi connectivity index (χ4v) is 3.73. The number of aromatic nitrogens is 1. The van der Waals surface area contributed by atoms with Gasteiger partial charge >= 0.3 is 0 Å². The van der Waals surface area contributed by atoms with E-state index >= 15 is 0 Å². The molecular formula is C18H28N2O2. The molecule has 1 aromatic rings. The Labute approximate surface area is 133 Å². The van der Waals surface area contributed by atoms with Gasteiger partial charge in [0, 0.05) is 25.1 Å². The lowest BCUT2D eigenvalue weighted by atomic mass is 9.71. The standard InChI is InChI=1S/C18H28N2O2/c1-18(2,3)13-8-9-15-14(12-13)16(19-22-15)17(21)20-10-6-4-5-7-11-20/h13H,4-12H2,1-3H3/t13-/m1/s1. The summed E-state index contributed by atoms with van der Waals surface area (Å²) in [5.41, 5.74) is 1.93. The van der Waals surface area contributed by atoms with E-state index in [1.54, 1.807) is 0 Å². The largest absolute Gasteiger partial charge is 0.360 e. The number of nitrogens with zero attached hydrogens (tertiary/aromatic N) is 2. The van der Waals surface area contributed by atoms with E-state index in [0.717, 1.165) is 56.5 Å². The Morgan fingerprint density at radius 3 is 2.50 bits per heavy atom. The van der Waals surface area contributed by atoms with E-state index in [2.05, 4.69) is 25.9 Å². The van der Waals surface area contributed by atoms with Crippen LogP contribution in [-0.2, 0) is 12.8 Å². The molecule has 4 nitrogen and oxygen atoms in total. The van der Waals surface area contributed by atoms with Crippen LogP contribution in [0.25, 0.3) is 0 Å². The van der Waals surface area contributed by atoms with Crippen molar-refractivity contribution in [2.75, 3.05) is 13.1 Å². The predicted octanol–water partition coefficient (Wildman–Crippen LogP) is 3.84. The van der Waals surface area contributed by atoms with Crippen LogP contribution < -0.4 is 0 Å². The maximum Gasteiger partial charge on any atom is 0.276 e. The van der Waals surface area contributed by atoms with Crippen LogP contribution in [0.4, 0.5) is 0 Å². The number of rotatable bonds is 1. The highest BCUT2D eigenvalue weighted by Gasteiger charge is 2.35. The van der Waals surface area contributed by atoms with Gasteiger partial charge in [-0.25, -0.2) is 0 Å². The van der Waals surface area contributed by atoms with Crippen LogP contribution in [0.3, 0.4) is 0 Å². The van der Waals surface area contributed by atoms with E-state index in [1.165, 1.54) is 12.8 Å². The molecule has 1 aromatic heterocycles. The Balaban J connectivity index is 1.81. The second-order valence-corrected chi connectivity index (χ2v) is 7.95. The van der Waals surface area contributed by atoms with E-state index in [1.807, 2.05) is 4.90 Å². The van der Waals surface area contributed by atoms with E-state index in [0.29, 0.717) is 11.6 Å². The number of carbonyl (C=O) groups excluding carboxylic acids is 1. The first-order valence-corrected chi connectivity index (χ1v) is 8.73. The van der Waals surface area contributed by atoms with E-state index in [4.69, 9.17) is 4.52 Å². The molecule has 1 saturated heterocycles. The molecule has 1 aliphatic heterocycles. The van der Waals surface area contributed by atoms with Crippen molar-refractivity contribution in [1.82, 2.24) is 10.1 Å². The summed E-state index contributed by atoms with van der Waals surface area (Å²) >= 11 is 0. The van der Waals surface area contributed by atoms with Gasteiger partial charge in [0.2, 0.25) is 0 Å². The molecule has 1 amide bonds. The number of carbonyl (C=O) groups is 1. The van der Waals surface area contributed by atoms with Crippen LogP contribution in [0.1, 0.15) is 74.7 Å². The molecule has 4 heteroatoms. The van der Waals surface area contributed by atoms with Crippen molar-refractivity contribution < 1.29 is 9.32 Å². The van der Waals surface area contributed by atoms with Gasteiger partial charge in [-0.3, -0.25) is 4.79 Å². The second-order valence-electron chi connectivity index (χ2n) is 7.95. The summed E-state index contributed by atoms with van der Waals surface area (Å²) in [6.45, 7) is 8.58. The number of hydrogen-bond donors (Lipinski definition) is 0. The Kier molecular flexibility index (Phi) is 4.28. The normalized spacial score (nSPS) is 23.0. The highest BCUT2D eigenvalue weighted by atomic mass is 16.5. The Hall–Kier alpha value is -1.32. The first kappa shape index (κ1) is 15.6. The lowest BCUT2D eigenvalue weighted by molar-refractivity contribution is 0.0749. The van der Waals surface area contributed by atoms with Crippen LogP contribution in [0.2, 0.25) is 0 Å². The van der Waals surface area contributed by atoms with Gasteiger partial charge in [0.1, 0.15) is 5.76 Å². The molecule has 122 valence electrons. The zero-order valence-electron chi connectivity index (χ0n) is 14.2. The van der Waals surface area contributed by atoms with Crippen molar-refractivity contribution >= 4 is 5.91 Å². The third kappa shape index (κ3) is 3.06. The van der Waals surface area contributed by atoms with Crippen molar-refractivity contribution in [3.8, 4) is 0 Å². The van der Waals surface area contributed by atoms with Crippen LogP contribution in [-0.4, -0.2) is 29.1 Å². The quantitative estimate of drug-likeness (QED) is 0.792. The molecule has 1 aliphatic carbocycles. The van der Waals surface area contributed by atoms with E-state index in [-0.39, 0.29) is 11.3 Å². The molecule has 0 bridgehead atoms. The van der Waals surface area contributed by atoms with Crippen molar-refractivity contribution in [3.05, 3.63) is 17.0 Å². The Morgan fingerprint density at radius 2 is 1.86 bits per heavy atom. The lowest BCUT2D eigenvalue weighted by Crippen LogP contribution is -2.34. The van der Waals surface area contributed by atoms with Gasteiger partial charge in [0.15, 0.2) is 5.69 Å². The summed E-state index contributed by atoms with van der Waals surface area (Å²) in [7, 11) is 0. The molecule has 0 N–H and O–H groups in total. The van der Waals surface area contributed by atoms with Gasteiger partial charge in [-0.05, 0) is 37.0 Å². The molecule has 1 fully saturated rings. The molecule has 1 atom stereocenters. The maximum atomic E-state index is 12.8. The highest BCUT2D eigenvalue weighted by Crippen LogP contribution is 2.38. The van der Waals surface area contributed by atoms with Gasteiger partial charge in [-0.2, -0.15) is 0 Å². The Morgan fingerprint density at radius 1 is 1.18 bits per heavy atom. The molecule has 22 heavy (non-hydrogen) atoms. The molecular weight excluding hydrogens is 276 g/mol. The van der Waals surface area contributed by atoms with Gasteiger partial charge in [-0.15, -0.1) is 0 Å². The number of aryl methyl sites for hydroxylation is 1. The minimum absolute atomic E-state index is 0.0847. The van der Waals surface area contributed by atoms with Gasteiger partial charge < -0.3 is 9.42 Å². The molecule has 0 aromatic carbocycles. The van der Waals surface area contributed by atoms with Gasteiger partial charge in [0.25, 0.3) is 5.91 Å². The molecule has 2 aliphatic rings. The zero-order chi connectivity index (χ0) is 15.7. The summed E-state index contributed by atoms with van der Waals surface area (Å²) in [6, 6.07) is 0. The fourth-order valence-electron chi connectivity index (χ4n) is 3.73. The smallest absolute Gasteiger partial charge is 0.276 e. The van der Waals surface area contributed by atoms with Crippen LogP contribution in [0.15, 0.2) is 4.52 Å². The fraction of sp³-hybridized carbons (Fsp3) is 0.778. The van der Waals surface area contributed by atoms with Crippen molar-refractivity contribution in [3.63, 3.8) is 0 Å². The molecule has 0 saturated carbocycles. The first-order chi connectivity index (χ1) is 10.5. The van der Waals surface area contributed by atoms with Crippen molar-refractivity contribution in [2.45, 2.75) is 65.7 Å². The van der Waals surface area contributed by atoms with Gasteiger partial charge in [-0.1, -0.05) is 38.8 Å². The summed E-state index contributed by atoms with van der Waals surface area (Å²) in [4.78, 5) is 14.8. The molecule has 0 spiro atoms. The zero-order valence-corrected chi connectivity index (χ0v) is 14.2. The SMILES string of the molecule is CC(C)(C)[C@@H]1CCc2onc(C(=O)N3CCCCCC3)c2C1. The van der Waals surface area contributed by atoms with Gasteiger partial charge in [0.05, 0.1) is 0 Å². The molecule has 0 unspecified atom stereocenters. The number of fused-ring (bicyclic) bond motifs is 1. The predicted molar refractivity (Wildman–Crippen MR) is 85.8 cm³/mol. The Bertz CT molecular complexity index is 534. The van der Waals surface area contributed by atoms with E-state index in [9.17, 15) is 4.79 Å².